The molecule has 1 aliphatic heterocycles. The summed E-state index contributed by atoms with van der Waals surface area (Å²) in [6.45, 7) is 6.00. The number of thiophene rings is 1. The van der Waals surface area contributed by atoms with Gasteiger partial charge in [0.15, 0.2) is 11.5 Å². The van der Waals surface area contributed by atoms with Gasteiger partial charge in [-0.05, 0) is 55.3 Å². The number of nitrogens with one attached hydrogen (secondary N) is 2. The molecule has 0 saturated carbocycles. The number of likely N-dealkylation sites (tertiary alicyclic amines) is 1. The van der Waals surface area contributed by atoms with Crippen molar-refractivity contribution in [2.24, 2.45) is 5.92 Å². The zero-order valence-corrected chi connectivity index (χ0v) is 18.3. The van der Waals surface area contributed by atoms with Gasteiger partial charge >= 0.3 is 6.03 Å². The van der Waals surface area contributed by atoms with Crippen LogP contribution in [-0.4, -0.2) is 45.2 Å². The van der Waals surface area contributed by atoms with Gasteiger partial charge in [0, 0.05) is 30.7 Å². The Morgan fingerprint density at radius 2 is 2.23 bits per heavy atom. The van der Waals surface area contributed by atoms with E-state index in [9.17, 15) is 4.79 Å². The lowest BCUT2D eigenvalue weighted by Crippen LogP contribution is -2.44. The first-order chi connectivity index (χ1) is 14.7. The number of urea groups is 1. The standard InChI is InChI=1S/C22H30N6OS/c1-2-7-19(21-26-25-20-10-3-4-12-28(20)21)24-22(29)23-14-17-8-5-11-27(15-17)16-18-9-6-13-30-18/h3-4,6,9-10,12-13,17,19H,2,5,7-8,11,14-16H2,1H3,(H2,23,24,29). The number of fused-ring (bicyclic) bond motifs is 1. The summed E-state index contributed by atoms with van der Waals surface area (Å²) in [4.78, 5) is 16.6. The molecular formula is C22H30N6OS. The molecule has 4 heterocycles. The third-order valence-corrected chi connectivity index (χ3v) is 6.51. The molecule has 8 heteroatoms. The summed E-state index contributed by atoms with van der Waals surface area (Å²) in [5, 5.41) is 16.9. The summed E-state index contributed by atoms with van der Waals surface area (Å²) >= 11 is 1.81. The zero-order valence-electron chi connectivity index (χ0n) is 17.5. The van der Waals surface area contributed by atoms with E-state index in [1.54, 1.807) is 0 Å². The maximum atomic E-state index is 12.6. The second-order valence-corrected chi connectivity index (χ2v) is 9.04. The topological polar surface area (TPSA) is 74.6 Å². The Morgan fingerprint density at radius 3 is 3.07 bits per heavy atom. The summed E-state index contributed by atoms with van der Waals surface area (Å²) in [7, 11) is 0. The Hall–Kier alpha value is -2.45. The highest BCUT2D eigenvalue weighted by molar-refractivity contribution is 7.09. The highest BCUT2D eigenvalue weighted by atomic mass is 32.1. The van der Waals surface area contributed by atoms with E-state index < -0.39 is 0 Å². The Kier molecular flexibility index (Phi) is 6.96. The lowest BCUT2D eigenvalue weighted by Gasteiger charge is -2.32. The quantitative estimate of drug-likeness (QED) is 0.574. The van der Waals surface area contributed by atoms with E-state index in [-0.39, 0.29) is 12.1 Å². The Balaban J connectivity index is 1.30. The molecule has 2 atom stereocenters. The fraction of sp³-hybridized carbons (Fsp3) is 0.500. The van der Waals surface area contributed by atoms with Crippen LogP contribution in [0.2, 0.25) is 0 Å². The van der Waals surface area contributed by atoms with E-state index in [0.29, 0.717) is 12.5 Å². The molecule has 0 bridgehead atoms. The molecule has 0 radical (unpaired) electrons. The maximum absolute atomic E-state index is 12.6. The zero-order chi connectivity index (χ0) is 20.8. The predicted octanol–water partition coefficient (Wildman–Crippen LogP) is 3.84. The first-order valence-electron chi connectivity index (χ1n) is 10.8. The van der Waals surface area contributed by atoms with Crippen molar-refractivity contribution in [2.45, 2.75) is 45.2 Å². The molecule has 3 aromatic rings. The molecule has 30 heavy (non-hydrogen) atoms. The molecule has 4 rings (SSSR count). The molecule has 1 fully saturated rings. The first-order valence-corrected chi connectivity index (χ1v) is 11.7. The number of nitrogens with zero attached hydrogens (tertiary/aromatic N) is 4. The summed E-state index contributed by atoms with van der Waals surface area (Å²) in [6.07, 6.45) is 6.06. The molecule has 1 aliphatic rings. The van der Waals surface area contributed by atoms with Crippen LogP contribution in [0.15, 0.2) is 41.9 Å². The third-order valence-electron chi connectivity index (χ3n) is 5.65. The van der Waals surface area contributed by atoms with Gasteiger partial charge in [0.2, 0.25) is 0 Å². The van der Waals surface area contributed by atoms with Crippen LogP contribution in [0.25, 0.3) is 5.65 Å². The Morgan fingerprint density at radius 1 is 1.30 bits per heavy atom. The van der Waals surface area contributed by atoms with Crippen molar-refractivity contribution in [1.29, 1.82) is 0 Å². The van der Waals surface area contributed by atoms with Gasteiger partial charge in [0.25, 0.3) is 0 Å². The van der Waals surface area contributed by atoms with Crippen LogP contribution in [0.1, 0.15) is 49.4 Å². The van der Waals surface area contributed by atoms with E-state index in [1.807, 2.05) is 40.1 Å². The lowest BCUT2D eigenvalue weighted by atomic mass is 9.98. The van der Waals surface area contributed by atoms with Crippen LogP contribution in [0, 0.1) is 5.92 Å². The van der Waals surface area contributed by atoms with E-state index in [4.69, 9.17) is 0 Å². The number of carbonyl (C=O) groups is 1. The van der Waals surface area contributed by atoms with Crippen molar-refractivity contribution >= 4 is 23.0 Å². The Labute approximate surface area is 181 Å². The summed E-state index contributed by atoms with van der Waals surface area (Å²) < 4.78 is 1.95. The van der Waals surface area contributed by atoms with Crippen molar-refractivity contribution in [1.82, 2.24) is 30.1 Å². The average Bonchev–Trinajstić information content (AvgIpc) is 3.42. The Bertz CT molecular complexity index is 940. The van der Waals surface area contributed by atoms with Gasteiger partial charge in [-0.15, -0.1) is 21.5 Å². The predicted molar refractivity (Wildman–Crippen MR) is 119 cm³/mol. The highest BCUT2D eigenvalue weighted by Crippen LogP contribution is 2.20. The van der Waals surface area contributed by atoms with Gasteiger partial charge in [-0.1, -0.05) is 25.5 Å². The molecule has 0 aliphatic carbocycles. The lowest BCUT2D eigenvalue weighted by molar-refractivity contribution is 0.166. The number of hydrogen-bond donors (Lipinski definition) is 2. The fourth-order valence-corrected chi connectivity index (χ4v) is 4.93. The number of carbonyl (C=O) groups excluding carboxylic acids is 1. The van der Waals surface area contributed by atoms with Gasteiger partial charge in [0.05, 0.1) is 6.04 Å². The van der Waals surface area contributed by atoms with E-state index in [2.05, 4.69) is 50.2 Å². The van der Waals surface area contributed by atoms with E-state index in [0.717, 1.165) is 50.4 Å². The summed E-state index contributed by atoms with van der Waals surface area (Å²) in [6, 6.07) is 9.83. The number of amides is 2. The van der Waals surface area contributed by atoms with Gasteiger partial charge < -0.3 is 10.6 Å². The molecule has 0 spiro atoms. The molecule has 7 nitrogen and oxygen atoms in total. The molecule has 2 unspecified atom stereocenters. The molecule has 1 saturated heterocycles. The molecule has 3 aromatic heterocycles. The van der Waals surface area contributed by atoms with Gasteiger partial charge in [-0.3, -0.25) is 9.30 Å². The van der Waals surface area contributed by atoms with Gasteiger partial charge in [-0.2, -0.15) is 0 Å². The fourth-order valence-electron chi connectivity index (χ4n) is 4.18. The molecule has 2 N–H and O–H groups in total. The smallest absolute Gasteiger partial charge is 0.315 e. The molecule has 0 aromatic carbocycles. The van der Waals surface area contributed by atoms with Crippen molar-refractivity contribution in [3.8, 4) is 0 Å². The number of piperidine rings is 1. The van der Waals surface area contributed by atoms with E-state index >= 15 is 0 Å². The maximum Gasteiger partial charge on any atom is 0.315 e. The van der Waals surface area contributed by atoms with Gasteiger partial charge in [0.1, 0.15) is 0 Å². The van der Waals surface area contributed by atoms with Crippen LogP contribution in [0.3, 0.4) is 0 Å². The van der Waals surface area contributed by atoms with Gasteiger partial charge in [-0.25, -0.2) is 4.79 Å². The van der Waals surface area contributed by atoms with Crippen molar-refractivity contribution in [2.75, 3.05) is 19.6 Å². The number of hydrogen-bond acceptors (Lipinski definition) is 5. The van der Waals surface area contributed by atoms with Crippen LogP contribution < -0.4 is 10.6 Å². The van der Waals surface area contributed by atoms with Crippen molar-refractivity contribution < 1.29 is 4.79 Å². The average molecular weight is 427 g/mol. The number of rotatable bonds is 8. The highest BCUT2D eigenvalue weighted by Gasteiger charge is 2.23. The number of aromatic nitrogens is 3. The normalized spacial score (nSPS) is 18.4. The summed E-state index contributed by atoms with van der Waals surface area (Å²) in [5.41, 5.74) is 0.795. The van der Waals surface area contributed by atoms with Crippen LogP contribution in [0.5, 0.6) is 0 Å². The summed E-state index contributed by atoms with van der Waals surface area (Å²) in [5.74, 6) is 1.27. The molecular weight excluding hydrogens is 396 g/mol. The molecule has 160 valence electrons. The second-order valence-electron chi connectivity index (χ2n) is 8.01. The van der Waals surface area contributed by atoms with Crippen molar-refractivity contribution in [3.05, 3.63) is 52.6 Å². The van der Waals surface area contributed by atoms with Crippen molar-refractivity contribution in [3.63, 3.8) is 0 Å². The number of pyridine rings is 1. The van der Waals surface area contributed by atoms with Crippen LogP contribution in [0.4, 0.5) is 4.79 Å². The third kappa shape index (κ3) is 5.17. The SMILES string of the molecule is CCCC(NC(=O)NCC1CCCN(Cc2cccs2)C1)c1nnc2ccccn12. The first kappa shape index (κ1) is 20.8. The molecule has 2 amide bonds. The van der Waals surface area contributed by atoms with Crippen LogP contribution in [-0.2, 0) is 6.54 Å². The largest absolute Gasteiger partial charge is 0.338 e. The monoisotopic (exact) mass is 426 g/mol. The minimum Gasteiger partial charge on any atom is -0.338 e. The van der Waals surface area contributed by atoms with Crippen LogP contribution >= 0.6 is 11.3 Å². The minimum absolute atomic E-state index is 0.128. The van der Waals surface area contributed by atoms with E-state index in [1.165, 1.54) is 11.3 Å². The second kappa shape index (κ2) is 10.0. The minimum atomic E-state index is -0.158.